The van der Waals surface area contributed by atoms with Crippen LogP contribution in [0.3, 0.4) is 0 Å². The van der Waals surface area contributed by atoms with Crippen LogP contribution in [0.1, 0.15) is 30.2 Å². The van der Waals surface area contributed by atoms with Gasteiger partial charge in [-0.3, -0.25) is 9.59 Å². The summed E-state index contributed by atoms with van der Waals surface area (Å²) in [5.74, 6) is 0.378. The molecule has 1 aliphatic rings. The molecule has 0 aliphatic carbocycles. The molecule has 0 unspecified atom stereocenters. The van der Waals surface area contributed by atoms with Crippen LogP contribution in [0.4, 0.5) is 0 Å². The van der Waals surface area contributed by atoms with E-state index in [0.29, 0.717) is 24.5 Å². The van der Waals surface area contributed by atoms with Crippen molar-refractivity contribution in [3.63, 3.8) is 0 Å². The largest absolute Gasteiger partial charge is 0.475 e. The number of nitrogens with zero attached hydrogens (tertiary/aromatic N) is 4. The van der Waals surface area contributed by atoms with Crippen molar-refractivity contribution in [1.82, 2.24) is 19.7 Å². The lowest BCUT2D eigenvalue weighted by atomic mass is 10.1. The molecular formula is C22H22N4O3. The van der Waals surface area contributed by atoms with E-state index in [9.17, 15) is 9.59 Å². The molecule has 0 N–H and O–H groups in total. The highest BCUT2D eigenvalue weighted by Crippen LogP contribution is 2.23. The Balaban J connectivity index is 1.44. The minimum atomic E-state index is -0.168. The van der Waals surface area contributed by atoms with Crippen molar-refractivity contribution in [3.8, 4) is 17.1 Å². The maximum atomic E-state index is 12.6. The van der Waals surface area contributed by atoms with E-state index < -0.39 is 0 Å². The second kappa shape index (κ2) is 7.87. The predicted molar refractivity (Wildman–Crippen MR) is 109 cm³/mol. The maximum absolute atomic E-state index is 12.6. The van der Waals surface area contributed by atoms with Crippen molar-refractivity contribution < 1.29 is 9.53 Å². The summed E-state index contributed by atoms with van der Waals surface area (Å²) < 4.78 is 6.98. The molecule has 0 bridgehead atoms. The van der Waals surface area contributed by atoms with E-state index in [-0.39, 0.29) is 23.6 Å². The number of hydrogen-bond acceptors (Lipinski definition) is 5. The molecule has 7 nitrogen and oxygen atoms in total. The van der Waals surface area contributed by atoms with Crippen molar-refractivity contribution in [2.24, 2.45) is 0 Å². The number of likely N-dealkylation sites (tertiary alicyclic amines) is 1. The fourth-order valence-corrected chi connectivity index (χ4v) is 3.23. The number of rotatable bonds is 5. The predicted octanol–water partition coefficient (Wildman–Crippen LogP) is 2.79. The smallest absolute Gasteiger partial charge is 0.267 e. The van der Waals surface area contributed by atoms with Crippen LogP contribution in [0, 0.1) is 0 Å². The summed E-state index contributed by atoms with van der Waals surface area (Å²) in [7, 11) is 0. The number of aromatic nitrogens is 3. The standard InChI is InChI=1S/C22H22N4O3/c1-15(2)29-20-10-8-17(12-23-20)22(28)25-13-18(14-25)26-21(27)11-9-19(24-26)16-6-4-3-5-7-16/h3-12,15,18H,13-14H2,1-2H3. The van der Waals surface area contributed by atoms with Gasteiger partial charge in [0.05, 0.1) is 23.4 Å². The van der Waals surface area contributed by atoms with Crippen molar-refractivity contribution in [1.29, 1.82) is 0 Å². The molecule has 3 heterocycles. The molecule has 0 radical (unpaired) electrons. The lowest BCUT2D eigenvalue weighted by Crippen LogP contribution is -2.53. The van der Waals surface area contributed by atoms with Crippen LogP contribution in [0.5, 0.6) is 5.88 Å². The van der Waals surface area contributed by atoms with Crippen LogP contribution in [-0.2, 0) is 0 Å². The van der Waals surface area contributed by atoms with Crippen LogP contribution >= 0.6 is 0 Å². The van der Waals surface area contributed by atoms with Crippen LogP contribution < -0.4 is 10.3 Å². The van der Waals surface area contributed by atoms with Gasteiger partial charge < -0.3 is 9.64 Å². The first kappa shape index (κ1) is 18.9. The highest BCUT2D eigenvalue weighted by molar-refractivity contribution is 5.94. The molecule has 3 aromatic rings. The molecule has 148 valence electrons. The monoisotopic (exact) mass is 390 g/mol. The summed E-state index contributed by atoms with van der Waals surface area (Å²) in [6.45, 7) is 4.72. The van der Waals surface area contributed by atoms with Gasteiger partial charge in [-0.15, -0.1) is 0 Å². The molecule has 0 atom stereocenters. The number of carbonyl (C=O) groups is 1. The summed E-state index contributed by atoms with van der Waals surface area (Å²) in [6.07, 6.45) is 1.55. The van der Waals surface area contributed by atoms with Gasteiger partial charge in [-0.2, -0.15) is 5.10 Å². The lowest BCUT2D eigenvalue weighted by molar-refractivity contribution is 0.0493. The summed E-state index contributed by atoms with van der Waals surface area (Å²) in [5.41, 5.74) is 2.01. The van der Waals surface area contributed by atoms with Crippen LogP contribution in [0.2, 0.25) is 0 Å². The van der Waals surface area contributed by atoms with E-state index in [1.54, 1.807) is 23.1 Å². The minimum absolute atomic E-state index is 0.0256. The highest BCUT2D eigenvalue weighted by Gasteiger charge is 2.34. The quantitative estimate of drug-likeness (QED) is 0.669. The molecule has 1 aliphatic heterocycles. The molecule has 2 aromatic heterocycles. The van der Waals surface area contributed by atoms with Crippen LogP contribution in [0.15, 0.2) is 65.6 Å². The Morgan fingerprint density at radius 3 is 2.48 bits per heavy atom. The van der Waals surface area contributed by atoms with E-state index in [2.05, 4.69) is 10.1 Å². The number of pyridine rings is 1. The molecule has 0 spiro atoms. The van der Waals surface area contributed by atoms with Gasteiger partial charge in [0, 0.05) is 37.0 Å². The Labute approximate surface area is 168 Å². The average molecular weight is 390 g/mol. The van der Waals surface area contributed by atoms with Gasteiger partial charge in [0.25, 0.3) is 11.5 Å². The van der Waals surface area contributed by atoms with Crippen molar-refractivity contribution >= 4 is 5.91 Å². The van der Waals surface area contributed by atoms with Gasteiger partial charge in [-0.25, -0.2) is 9.67 Å². The van der Waals surface area contributed by atoms with E-state index in [1.807, 2.05) is 44.2 Å². The maximum Gasteiger partial charge on any atom is 0.267 e. The molecule has 1 amide bonds. The molecule has 4 rings (SSSR count). The first-order valence-corrected chi connectivity index (χ1v) is 9.58. The minimum Gasteiger partial charge on any atom is -0.475 e. The van der Waals surface area contributed by atoms with Crippen LogP contribution in [-0.4, -0.2) is 44.8 Å². The Morgan fingerprint density at radius 1 is 1.07 bits per heavy atom. The van der Waals surface area contributed by atoms with Crippen molar-refractivity contribution in [3.05, 3.63) is 76.7 Å². The van der Waals surface area contributed by atoms with Crippen LogP contribution in [0.25, 0.3) is 11.3 Å². The molecule has 1 fully saturated rings. The normalized spacial score (nSPS) is 14.0. The Bertz CT molecular complexity index is 1060. The number of amides is 1. The summed E-state index contributed by atoms with van der Waals surface area (Å²) in [5, 5.41) is 4.51. The topological polar surface area (TPSA) is 77.3 Å². The lowest BCUT2D eigenvalue weighted by Gasteiger charge is -2.39. The third kappa shape index (κ3) is 4.03. The van der Waals surface area contributed by atoms with Gasteiger partial charge >= 0.3 is 0 Å². The van der Waals surface area contributed by atoms with Gasteiger partial charge in [0.1, 0.15) is 0 Å². The Hall–Kier alpha value is -3.48. The molecule has 1 aromatic carbocycles. The fourth-order valence-electron chi connectivity index (χ4n) is 3.23. The Kier molecular flexibility index (Phi) is 5.12. The zero-order valence-electron chi connectivity index (χ0n) is 16.4. The first-order valence-electron chi connectivity index (χ1n) is 9.58. The van der Waals surface area contributed by atoms with Gasteiger partial charge in [-0.1, -0.05) is 30.3 Å². The third-order valence-electron chi connectivity index (χ3n) is 4.73. The fraction of sp³-hybridized carbons (Fsp3) is 0.273. The highest BCUT2D eigenvalue weighted by atomic mass is 16.5. The van der Waals surface area contributed by atoms with E-state index in [4.69, 9.17) is 4.74 Å². The summed E-state index contributed by atoms with van der Waals surface area (Å²) >= 11 is 0. The zero-order chi connectivity index (χ0) is 20.4. The number of hydrogen-bond donors (Lipinski definition) is 0. The van der Waals surface area contributed by atoms with Crippen molar-refractivity contribution in [2.45, 2.75) is 26.0 Å². The van der Waals surface area contributed by atoms with Gasteiger partial charge in [0.15, 0.2) is 0 Å². The molecular weight excluding hydrogens is 368 g/mol. The van der Waals surface area contributed by atoms with Crippen molar-refractivity contribution in [2.75, 3.05) is 13.1 Å². The van der Waals surface area contributed by atoms with Gasteiger partial charge in [-0.05, 0) is 26.0 Å². The second-order valence-corrected chi connectivity index (χ2v) is 7.28. The zero-order valence-corrected chi connectivity index (χ0v) is 16.4. The third-order valence-corrected chi connectivity index (χ3v) is 4.73. The average Bonchev–Trinajstić information content (AvgIpc) is 2.69. The van der Waals surface area contributed by atoms with E-state index >= 15 is 0 Å². The molecule has 1 saturated heterocycles. The Morgan fingerprint density at radius 2 is 1.83 bits per heavy atom. The summed E-state index contributed by atoms with van der Waals surface area (Å²) in [4.78, 5) is 30.8. The summed E-state index contributed by atoms with van der Waals surface area (Å²) in [6, 6.07) is 16.2. The SMILES string of the molecule is CC(C)Oc1ccc(C(=O)N2CC(n3nc(-c4ccccc4)ccc3=O)C2)cn1. The molecule has 0 saturated carbocycles. The second-order valence-electron chi connectivity index (χ2n) is 7.28. The van der Waals surface area contributed by atoms with E-state index in [1.165, 1.54) is 16.9 Å². The molecule has 7 heteroatoms. The van der Waals surface area contributed by atoms with E-state index in [0.717, 1.165) is 11.3 Å². The number of benzene rings is 1. The van der Waals surface area contributed by atoms with Gasteiger partial charge in [0.2, 0.25) is 5.88 Å². The number of ether oxygens (including phenoxy) is 1. The number of carbonyl (C=O) groups excluding carboxylic acids is 1. The first-order chi connectivity index (χ1) is 14.0. The molecule has 29 heavy (non-hydrogen) atoms.